The summed E-state index contributed by atoms with van der Waals surface area (Å²) in [7, 11) is -4.01. The highest BCUT2D eigenvalue weighted by molar-refractivity contribution is 7.89. The van der Waals surface area contributed by atoms with Crippen molar-refractivity contribution in [1.29, 1.82) is 0 Å². The summed E-state index contributed by atoms with van der Waals surface area (Å²) in [6.45, 7) is 0. The van der Waals surface area contributed by atoms with E-state index < -0.39 is 33.3 Å². The van der Waals surface area contributed by atoms with E-state index in [1.165, 1.54) is 42.5 Å². The normalized spacial score (nSPS) is 12.2. The number of para-hydroxylation sites is 1. The molecule has 164 valence electrons. The highest BCUT2D eigenvalue weighted by atomic mass is 32.2. The van der Waals surface area contributed by atoms with E-state index in [9.17, 15) is 26.0 Å². The third-order valence-electron chi connectivity index (χ3n) is 4.75. The maximum atomic E-state index is 14.7. The lowest BCUT2D eigenvalue weighted by molar-refractivity contribution is -0.140. The van der Waals surface area contributed by atoms with E-state index >= 15 is 0 Å². The van der Waals surface area contributed by atoms with Crippen molar-refractivity contribution in [2.24, 2.45) is 5.14 Å². The van der Waals surface area contributed by atoms with E-state index in [1.54, 1.807) is 30.3 Å². The minimum Gasteiger partial charge on any atom is -0.232 e. The van der Waals surface area contributed by atoms with Gasteiger partial charge in [-0.25, -0.2) is 22.6 Å². The Morgan fingerprint density at radius 2 is 1.44 bits per heavy atom. The Balaban J connectivity index is 2.10. The Morgan fingerprint density at radius 3 is 2.00 bits per heavy atom. The molecule has 0 atom stereocenters. The van der Waals surface area contributed by atoms with Gasteiger partial charge in [0.2, 0.25) is 10.0 Å². The Kier molecular flexibility index (Phi) is 5.35. The summed E-state index contributed by atoms with van der Waals surface area (Å²) in [6.07, 6.45) is -4.88. The SMILES string of the molecule is NS(=O)(=O)c1ccc(-c2c(-c3ccccc3F)c(C(F)(F)F)nn2-c2ccccc2)cc1. The monoisotopic (exact) mass is 461 g/mol. The Hall–Kier alpha value is -3.50. The third-order valence-corrected chi connectivity index (χ3v) is 5.68. The summed E-state index contributed by atoms with van der Waals surface area (Å²) in [5.41, 5.74) is -1.55. The molecular weight excluding hydrogens is 446 g/mol. The number of nitrogens with zero attached hydrogens (tertiary/aromatic N) is 2. The Bertz CT molecular complexity index is 1380. The summed E-state index contributed by atoms with van der Waals surface area (Å²) in [4.78, 5) is -0.212. The highest BCUT2D eigenvalue weighted by Crippen LogP contribution is 2.44. The van der Waals surface area contributed by atoms with E-state index in [1.807, 2.05) is 0 Å². The average molecular weight is 461 g/mol. The molecule has 3 aromatic carbocycles. The highest BCUT2D eigenvalue weighted by Gasteiger charge is 2.40. The van der Waals surface area contributed by atoms with Crippen molar-refractivity contribution in [1.82, 2.24) is 9.78 Å². The molecular formula is C22H15F4N3O2S. The summed E-state index contributed by atoms with van der Waals surface area (Å²) in [6, 6.07) is 18.1. The van der Waals surface area contributed by atoms with Gasteiger partial charge in [-0.1, -0.05) is 48.5 Å². The van der Waals surface area contributed by atoms with Crippen molar-refractivity contribution >= 4 is 10.0 Å². The van der Waals surface area contributed by atoms with Gasteiger partial charge in [-0.2, -0.15) is 18.3 Å². The molecule has 32 heavy (non-hydrogen) atoms. The van der Waals surface area contributed by atoms with Gasteiger partial charge in [0.25, 0.3) is 0 Å². The molecule has 0 saturated carbocycles. The van der Waals surface area contributed by atoms with Crippen LogP contribution in [-0.4, -0.2) is 18.2 Å². The number of nitrogens with two attached hydrogens (primary N) is 1. The van der Waals surface area contributed by atoms with Gasteiger partial charge in [-0.3, -0.25) is 0 Å². The van der Waals surface area contributed by atoms with Crippen LogP contribution >= 0.6 is 0 Å². The lowest BCUT2D eigenvalue weighted by atomic mass is 9.98. The molecule has 0 spiro atoms. The number of rotatable bonds is 4. The van der Waals surface area contributed by atoms with Crippen molar-refractivity contribution in [3.63, 3.8) is 0 Å². The number of primary sulfonamides is 1. The van der Waals surface area contributed by atoms with Crippen molar-refractivity contribution in [3.05, 3.63) is 90.4 Å². The molecule has 1 heterocycles. The van der Waals surface area contributed by atoms with Crippen LogP contribution in [0.15, 0.2) is 83.8 Å². The van der Waals surface area contributed by atoms with Gasteiger partial charge in [-0.05, 0) is 30.3 Å². The van der Waals surface area contributed by atoms with Crippen LogP contribution < -0.4 is 5.14 Å². The van der Waals surface area contributed by atoms with Gasteiger partial charge < -0.3 is 0 Å². The van der Waals surface area contributed by atoms with Gasteiger partial charge in [0, 0.05) is 16.7 Å². The molecule has 4 aromatic rings. The molecule has 1 aromatic heterocycles. The molecule has 4 rings (SSSR count). The second-order valence-corrected chi connectivity index (χ2v) is 8.43. The van der Waals surface area contributed by atoms with E-state index in [2.05, 4.69) is 5.10 Å². The maximum absolute atomic E-state index is 14.7. The first-order valence-electron chi connectivity index (χ1n) is 9.21. The molecule has 0 aliphatic carbocycles. The molecule has 0 radical (unpaired) electrons. The van der Waals surface area contributed by atoms with Crippen LogP contribution in [-0.2, 0) is 16.2 Å². The zero-order chi connectivity index (χ0) is 23.1. The first-order valence-corrected chi connectivity index (χ1v) is 10.8. The predicted molar refractivity (Wildman–Crippen MR) is 111 cm³/mol. The molecule has 0 saturated heterocycles. The molecule has 0 unspecified atom stereocenters. The fourth-order valence-corrected chi connectivity index (χ4v) is 3.88. The van der Waals surface area contributed by atoms with Crippen LogP contribution in [0.1, 0.15) is 5.69 Å². The number of aromatic nitrogens is 2. The molecule has 5 nitrogen and oxygen atoms in total. The number of sulfonamides is 1. The zero-order valence-corrected chi connectivity index (χ0v) is 17.0. The first kappa shape index (κ1) is 21.7. The number of benzene rings is 3. The summed E-state index contributed by atoms with van der Waals surface area (Å²) in [5, 5.41) is 8.92. The standard InChI is InChI=1S/C22H15F4N3O2S/c23-18-9-5-4-8-17(18)19-20(14-10-12-16(13-11-14)32(27,30)31)29(15-6-2-1-3-7-15)28-21(19)22(24,25)26/h1-13H,(H2,27,30,31). The van der Waals surface area contributed by atoms with Crippen LogP contribution in [0.2, 0.25) is 0 Å². The van der Waals surface area contributed by atoms with Crippen molar-refractivity contribution < 1.29 is 26.0 Å². The smallest absolute Gasteiger partial charge is 0.232 e. The summed E-state index contributed by atoms with van der Waals surface area (Å²) in [5.74, 6) is -0.854. The van der Waals surface area contributed by atoms with Crippen LogP contribution in [0.5, 0.6) is 0 Å². The predicted octanol–water partition coefficient (Wildman–Crippen LogP) is 5.01. The average Bonchev–Trinajstić information content (AvgIpc) is 3.15. The largest absolute Gasteiger partial charge is 0.435 e. The number of hydrogen-bond donors (Lipinski definition) is 1. The number of hydrogen-bond acceptors (Lipinski definition) is 3. The van der Waals surface area contributed by atoms with Gasteiger partial charge >= 0.3 is 6.18 Å². The molecule has 0 fully saturated rings. The Labute approximate surface area is 180 Å². The number of alkyl halides is 3. The lowest BCUT2D eigenvalue weighted by Crippen LogP contribution is -2.11. The first-order chi connectivity index (χ1) is 15.1. The van der Waals surface area contributed by atoms with Gasteiger partial charge in [0.1, 0.15) is 5.82 Å². The number of halogens is 4. The quantitative estimate of drug-likeness (QED) is 0.434. The van der Waals surface area contributed by atoms with Crippen LogP contribution in [0.3, 0.4) is 0 Å². The molecule has 0 bridgehead atoms. The van der Waals surface area contributed by atoms with Crippen molar-refractivity contribution in [2.45, 2.75) is 11.1 Å². The summed E-state index contributed by atoms with van der Waals surface area (Å²) < 4.78 is 81.0. The Morgan fingerprint density at radius 1 is 0.844 bits per heavy atom. The van der Waals surface area contributed by atoms with Gasteiger partial charge in [0.05, 0.1) is 16.3 Å². The van der Waals surface area contributed by atoms with E-state index in [4.69, 9.17) is 5.14 Å². The maximum Gasteiger partial charge on any atom is 0.435 e. The fraction of sp³-hybridized carbons (Fsp3) is 0.0455. The zero-order valence-electron chi connectivity index (χ0n) is 16.2. The van der Waals surface area contributed by atoms with E-state index in [0.29, 0.717) is 5.69 Å². The minimum atomic E-state index is -4.88. The van der Waals surface area contributed by atoms with Gasteiger partial charge in [0.15, 0.2) is 5.69 Å². The van der Waals surface area contributed by atoms with Crippen molar-refractivity contribution in [2.75, 3.05) is 0 Å². The molecule has 10 heteroatoms. The third kappa shape index (κ3) is 4.02. The lowest BCUT2D eigenvalue weighted by Gasteiger charge is -2.12. The van der Waals surface area contributed by atoms with Crippen LogP contribution in [0.4, 0.5) is 17.6 Å². The van der Waals surface area contributed by atoms with Gasteiger partial charge in [-0.15, -0.1) is 0 Å². The topological polar surface area (TPSA) is 78.0 Å². The second-order valence-electron chi connectivity index (χ2n) is 6.87. The fourth-order valence-electron chi connectivity index (χ4n) is 3.36. The molecule has 0 aliphatic rings. The minimum absolute atomic E-state index is 0.0467. The second kappa shape index (κ2) is 7.88. The van der Waals surface area contributed by atoms with Crippen LogP contribution in [0.25, 0.3) is 28.1 Å². The summed E-state index contributed by atoms with van der Waals surface area (Å²) >= 11 is 0. The molecule has 0 amide bonds. The van der Waals surface area contributed by atoms with E-state index in [0.717, 1.165) is 10.7 Å². The van der Waals surface area contributed by atoms with E-state index in [-0.39, 0.29) is 21.7 Å². The van der Waals surface area contributed by atoms with Crippen molar-refractivity contribution in [3.8, 4) is 28.1 Å². The molecule has 2 N–H and O–H groups in total. The van der Waals surface area contributed by atoms with Crippen LogP contribution in [0, 0.1) is 5.82 Å². The molecule has 0 aliphatic heterocycles.